The summed E-state index contributed by atoms with van der Waals surface area (Å²) in [4.78, 5) is 16.2. The van der Waals surface area contributed by atoms with E-state index in [4.69, 9.17) is 0 Å². The molecule has 1 amide bonds. The first-order chi connectivity index (χ1) is 10.4. The highest BCUT2D eigenvalue weighted by Crippen LogP contribution is 2.50. The molecule has 0 spiro atoms. The quantitative estimate of drug-likeness (QED) is 0.876. The van der Waals surface area contributed by atoms with Crippen molar-refractivity contribution in [2.24, 2.45) is 5.92 Å². The predicted molar refractivity (Wildman–Crippen MR) is 84.6 cm³/mol. The molecule has 0 aliphatic heterocycles. The predicted octanol–water partition coefficient (Wildman–Crippen LogP) is 4.02. The maximum atomic E-state index is 12.8. The molecule has 0 saturated heterocycles. The Hall–Kier alpha value is -0.690. The Bertz CT molecular complexity index is 541. The number of halogens is 2. The monoisotopic (exact) mass is 346 g/mol. The van der Waals surface area contributed by atoms with Crippen molar-refractivity contribution >= 4 is 29.0 Å². The van der Waals surface area contributed by atoms with Crippen LogP contribution in [-0.4, -0.2) is 28.1 Å². The number of hydrogen-bond acceptors (Lipinski definition) is 4. The summed E-state index contributed by atoms with van der Waals surface area (Å²) in [5.41, 5.74) is 1.06. The first kappa shape index (κ1) is 16.2. The van der Waals surface area contributed by atoms with Crippen LogP contribution in [0.4, 0.5) is 8.78 Å². The van der Waals surface area contributed by atoms with E-state index >= 15 is 0 Å². The summed E-state index contributed by atoms with van der Waals surface area (Å²) in [5, 5.41) is 5.53. The molecule has 122 valence electrons. The molecule has 1 aromatic rings. The zero-order valence-electron chi connectivity index (χ0n) is 12.5. The Morgan fingerprint density at radius 1 is 1.45 bits per heavy atom. The highest BCUT2D eigenvalue weighted by atomic mass is 32.2. The van der Waals surface area contributed by atoms with Gasteiger partial charge in [0.25, 0.3) is 5.92 Å². The van der Waals surface area contributed by atoms with E-state index in [2.05, 4.69) is 15.7 Å². The molecule has 2 aliphatic rings. The standard InChI is InChI=1S/C15H20F2N2OS2/c1-9-8-21-14(18-9)22-12-4-2-11(3-5-12)19-13(20)6-10-7-15(10,16)17/h8,10-12H,2-7H2,1H3,(H,19,20). The summed E-state index contributed by atoms with van der Waals surface area (Å²) in [6, 6.07) is 0.148. The topological polar surface area (TPSA) is 42.0 Å². The van der Waals surface area contributed by atoms with Gasteiger partial charge in [0.1, 0.15) is 4.34 Å². The molecule has 22 heavy (non-hydrogen) atoms. The van der Waals surface area contributed by atoms with Gasteiger partial charge in [-0.25, -0.2) is 13.8 Å². The molecule has 1 atom stereocenters. The average molecular weight is 346 g/mol. The molecule has 1 N–H and O–H groups in total. The Balaban J connectivity index is 1.37. The van der Waals surface area contributed by atoms with Gasteiger partial charge in [-0.1, -0.05) is 11.8 Å². The fourth-order valence-electron chi connectivity index (χ4n) is 2.86. The summed E-state index contributed by atoms with van der Waals surface area (Å²) < 4.78 is 26.7. The van der Waals surface area contributed by atoms with Gasteiger partial charge >= 0.3 is 0 Å². The molecule has 0 aromatic carbocycles. The molecular weight excluding hydrogens is 326 g/mol. The van der Waals surface area contributed by atoms with Crippen LogP contribution in [0.25, 0.3) is 0 Å². The van der Waals surface area contributed by atoms with Crippen LogP contribution in [0, 0.1) is 12.8 Å². The van der Waals surface area contributed by atoms with Crippen LogP contribution in [-0.2, 0) is 4.79 Å². The third kappa shape index (κ3) is 4.19. The lowest BCUT2D eigenvalue weighted by Gasteiger charge is -2.28. The van der Waals surface area contributed by atoms with Gasteiger partial charge in [-0.05, 0) is 32.6 Å². The van der Waals surface area contributed by atoms with E-state index < -0.39 is 11.8 Å². The number of thioether (sulfide) groups is 1. The molecule has 7 heteroatoms. The van der Waals surface area contributed by atoms with Gasteiger partial charge in [0.05, 0.1) is 0 Å². The van der Waals surface area contributed by atoms with Crippen LogP contribution in [0.2, 0.25) is 0 Å². The number of hydrogen-bond donors (Lipinski definition) is 1. The van der Waals surface area contributed by atoms with Gasteiger partial charge in [0.2, 0.25) is 5.91 Å². The molecule has 2 saturated carbocycles. The normalized spacial score (nSPS) is 30.0. The Morgan fingerprint density at radius 2 is 2.14 bits per heavy atom. The SMILES string of the molecule is Cc1csc(SC2CCC(NC(=O)CC3CC3(F)F)CC2)n1. The van der Waals surface area contributed by atoms with Crippen molar-refractivity contribution in [1.82, 2.24) is 10.3 Å². The maximum absolute atomic E-state index is 12.8. The smallest absolute Gasteiger partial charge is 0.252 e. The highest BCUT2D eigenvalue weighted by molar-refractivity contribution is 8.01. The van der Waals surface area contributed by atoms with Gasteiger partial charge in [-0.2, -0.15) is 0 Å². The minimum Gasteiger partial charge on any atom is -0.353 e. The van der Waals surface area contributed by atoms with Gasteiger partial charge < -0.3 is 5.32 Å². The lowest BCUT2D eigenvalue weighted by Crippen LogP contribution is -2.38. The molecule has 1 aromatic heterocycles. The van der Waals surface area contributed by atoms with Crippen molar-refractivity contribution in [1.29, 1.82) is 0 Å². The Kier molecular flexibility index (Phi) is 4.73. The summed E-state index contributed by atoms with van der Waals surface area (Å²) in [6.07, 6.45) is 3.77. The number of rotatable bonds is 5. The first-order valence-electron chi connectivity index (χ1n) is 7.68. The molecule has 1 heterocycles. The second kappa shape index (κ2) is 6.43. The van der Waals surface area contributed by atoms with Crippen LogP contribution in [0.3, 0.4) is 0 Å². The third-order valence-electron chi connectivity index (χ3n) is 4.29. The van der Waals surface area contributed by atoms with Crippen molar-refractivity contribution in [2.75, 3.05) is 0 Å². The van der Waals surface area contributed by atoms with Crippen molar-refractivity contribution in [3.8, 4) is 0 Å². The maximum Gasteiger partial charge on any atom is 0.252 e. The summed E-state index contributed by atoms with van der Waals surface area (Å²) in [5.74, 6) is -3.54. The zero-order chi connectivity index (χ0) is 15.7. The molecule has 3 rings (SSSR count). The number of nitrogens with zero attached hydrogens (tertiary/aromatic N) is 1. The fourth-order valence-corrected chi connectivity index (χ4v) is 5.14. The van der Waals surface area contributed by atoms with E-state index in [0.29, 0.717) is 5.25 Å². The summed E-state index contributed by atoms with van der Waals surface area (Å²) in [6.45, 7) is 2.00. The van der Waals surface area contributed by atoms with Gasteiger partial charge in [-0.3, -0.25) is 4.79 Å². The van der Waals surface area contributed by atoms with Crippen LogP contribution < -0.4 is 5.32 Å². The molecule has 3 nitrogen and oxygen atoms in total. The van der Waals surface area contributed by atoms with E-state index in [0.717, 1.165) is 35.7 Å². The Labute approximate surface area is 137 Å². The van der Waals surface area contributed by atoms with Crippen molar-refractivity contribution in [2.45, 2.75) is 67.0 Å². The first-order valence-corrected chi connectivity index (χ1v) is 9.44. The molecule has 1 unspecified atom stereocenters. The van der Waals surface area contributed by atoms with E-state index in [1.165, 1.54) is 0 Å². The van der Waals surface area contributed by atoms with Crippen molar-refractivity contribution < 1.29 is 13.6 Å². The lowest BCUT2D eigenvalue weighted by atomic mass is 9.95. The fraction of sp³-hybridized carbons (Fsp3) is 0.733. The summed E-state index contributed by atoms with van der Waals surface area (Å²) >= 11 is 3.50. The largest absolute Gasteiger partial charge is 0.353 e. The van der Waals surface area contributed by atoms with Crippen molar-refractivity contribution in [3.05, 3.63) is 11.1 Å². The van der Waals surface area contributed by atoms with Crippen LogP contribution in [0.5, 0.6) is 0 Å². The number of thiazole rings is 1. The number of amides is 1. The number of aryl methyl sites for hydroxylation is 1. The molecule has 0 radical (unpaired) electrons. The second-order valence-electron chi connectivity index (χ2n) is 6.28. The average Bonchev–Trinajstić information content (AvgIpc) is 2.84. The zero-order valence-corrected chi connectivity index (χ0v) is 14.1. The van der Waals surface area contributed by atoms with Crippen LogP contribution in [0.1, 0.15) is 44.2 Å². The number of nitrogens with one attached hydrogen (secondary N) is 1. The highest BCUT2D eigenvalue weighted by Gasteiger charge is 2.57. The third-order valence-corrected chi connectivity index (χ3v) is 6.72. The summed E-state index contributed by atoms with van der Waals surface area (Å²) in [7, 11) is 0. The minimum absolute atomic E-state index is 0.0277. The second-order valence-corrected chi connectivity index (χ2v) is 8.69. The number of carbonyl (C=O) groups excluding carboxylic acids is 1. The van der Waals surface area contributed by atoms with E-state index in [-0.39, 0.29) is 24.8 Å². The number of carbonyl (C=O) groups is 1. The van der Waals surface area contributed by atoms with Crippen LogP contribution in [0.15, 0.2) is 9.72 Å². The van der Waals surface area contributed by atoms with E-state index in [1.54, 1.807) is 11.3 Å². The molecule has 0 bridgehead atoms. The van der Waals surface area contributed by atoms with E-state index in [9.17, 15) is 13.6 Å². The van der Waals surface area contributed by atoms with Gasteiger partial charge in [0.15, 0.2) is 0 Å². The van der Waals surface area contributed by atoms with Crippen LogP contribution >= 0.6 is 23.1 Å². The minimum atomic E-state index is -2.60. The number of alkyl halides is 2. The van der Waals surface area contributed by atoms with E-state index in [1.807, 2.05) is 18.7 Å². The Morgan fingerprint density at radius 3 is 2.68 bits per heavy atom. The van der Waals surface area contributed by atoms with Gasteiger partial charge in [0, 0.05) is 41.1 Å². The number of aromatic nitrogens is 1. The lowest BCUT2D eigenvalue weighted by molar-refractivity contribution is -0.122. The molecule has 2 fully saturated rings. The molecule has 2 aliphatic carbocycles. The van der Waals surface area contributed by atoms with Crippen molar-refractivity contribution in [3.63, 3.8) is 0 Å². The molecular formula is C15H20F2N2OS2. The van der Waals surface area contributed by atoms with Gasteiger partial charge in [-0.15, -0.1) is 11.3 Å².